The molecule has 0 aliphatic carbocycles. The van der Waals surface area contributed by atoms with Gasteiger partial charge in [0.15, 0.2) is 0 Å². The fraction of sp³-hybridized carbons (Fsp3) is 0.333. The Kier molecular flexibility index (Phi) is 3.97. The minimum absolute atomic E-state index is 0.0637. The van der Waals surface area contributed by atoms with Crippen LogP contribution in [0.3, 0.4) is 0 Å². The summed E-state index contributed by atoms with van der Waals surface area (Å²) < 4.78 is 30.1. The lowest BCUT2D eigenvalue weighted by Crippen LogP contribution is -2.02. The smallest absolute Gasteiger partial charge is 0.268 e. The molecule has 0 amide bonds. The number of aromatic nitrogens is 1. The molecule has 1 aromatic heterocycles. The van der Waals surface area contributed by atoms with Crippen LogP contribution in [0, 0.1) is 11.3 Å². The molecule has 0 fully saturated rings. The van der Waals surface area contributed by atoms with Crippen LogP contribution in [0.2, 0.25) is 0 Å². The van der Waals surface area contributed by atoms with Crippen molar-refractivity contribution in [3.05, 3.63) is 23.0 Å². The molecule has 0 spiro atoms. The first kappa shape index (κ1) is 11.9. The first-order valence-corrected chi connectivity index (χ1v) is 5.07. The van der Waals surface area contributed by atoms with Gasteiger partial charge in [-0.15, -0.1) is 0 Å². The molecule has 15 heavy (non-hydrogen) atoms. The third-order valence-electron chi connectivity index (χ3n) is 1.84. The Morgan fingerprint density at radius 2 is 2.33 bits per heavy atom. The Labute approximate surface area is 93.8 Å². The van der Waals surface area contributed by atoms with Crippen molar-refractivity contribution in [3.63, 3.8) is 0 Å². The minimum Gasteiger partial charge on any atom is -0.495 e. The van der Waals surface area contributed by atoms with Crippen LogP contribution >= 0.6 is 15.9 Å². The second kappa shape index (κ2) is 5.03. The van der Waals surface area contributed by atoms with Crippen molar-refractivity contribution >= 4 is 15.9 Å². The van der Waals surface area contributed by atoms with E-state index < -0.39 is 12.0 Å². The van der Waals surface area contributed by atoms with Crippen LogP contribution in [0.15, 0.2) is 6.20 Å². The lowest BCUT2D eigenvalue weighted by molar-refractivity contribution is 0.146. The zero-order valence-corrected chi connectivity index (χ0v) is 9.38. The quantitative estimate of drug-likeness (QED) is 0.798. The first-order chi connectivity index (χ1) is 7.15. The van der Waals surface area contributed by atoms with Crippen LogP contribution < -0.4 is 4.74 Å². The second-order valence-electron chi connectivity index (χ2n) is 2.61. The summed E-state index contributed by atoms with van der Waals surface area (Å²) in [5.74, 6) is -0.0637. The van der Waals surface area contributed by atoms with Gasteiger partial charge in [0.05, 0.1) is 30.1 Å². The number of nitriles is 1. The predicted octanol–water partition coefficient (Wildman–Crippen LogP) is 2.79. The lowest BCUT2D eigenvalue weighted by atomic mass is 10.1. The third-order valence-corrected chi connectivity index (χ3v) is 2.37. The maximum atomic E-state index is 12.7. The van der Waals surface area contributed by atoms with Crippen LogP contribution in [0.5, 0.6) is 5.75 Å². The van der Waals surface area contributed by atoms with E-state index in [1.54, 1.807) is 6.07 Å². The number of alkyl halides is 3. The van der Waals surface area contributed by atoms with Gasteiger partial charge in [-0.2, -0.15) is 5.26 Å². The summed E-state index contributed by atoms with van der Waals surface area (Å²) in [6.07, 6.45) is -1.56. The number of methoxy groups -OCH3 is 1. The molecule has 1 heterocycles. The van der Waals surface area contributed by atoms with Crippen molar-refractivity contribution in [2.24, 2.45) is 0 Å². The van der Waals surface area contributed by atoms with Crippen LogP contribution in [-0.2, 0) is 5.33 Å². The molecule has 1 rings (SSSR count). The van der Waals surface area contributed by atoms with Gasteiger partial charge in [0.25, 0.3) is 6.43 Å². The molecule has 0 N–H and O–H groups in total. The van der Waals surface area contributed by atoms with E-state index in [0.717, 1.165) is 0 Å². The minimum atomic E-state index is -2.75. The van der Waals surface area contributed by atoms with Gasteiger partial charge in [-0.1, -0.05) is 15.9 Å². The number of nitrogens with zero attached hydrogens (tertiary/aromatic N) is 2. The molecule has 0 unspecified atom stereocenters. The van der Waals surface area contributed by atoms with Gasteiger partial charge < -0.3 is 4.74 Å². The average Bonchev–Trinajstić information content (AvgIpc) is 2.26. The normalized spacial score (nSPS) is 10.1. The summed E-state index contributed by atoms with van der Waals surface area (Å²) in [6, 6.07) is 1.72. The molecule has 0 atom stereocenters. The molecular weight excluding hydrogens is 270 g/mol. The van der Waals surface area contributed by atoms with Gasteiger partial charge in [0, 0.05) is 5.33 Å². The Balaban J connectivity index is 3.46. The van der Waals surface area contributed by atoms with Crippen molar-refractivity contribution in [3.8, 4) is 11.8 Å². The van der Waals surface area contributed by atoms with E-state index in [1.165, 1.54) is 13.3 Å². The molecule has 0 aromatic carbocycles. The SMILES string of the molecule is COc1cnc(CBr)c(C#N)c1C(F)F. The van der Waals surface area contributed by atoms with Crippen molar-refractivity contribution < 1.29 is 13.5 Å². The average molecular weight is 277 g/mol. The number of rotatable bonds is 3. The molecule has 1 aromatic rings. The zero-order chi connectivity index (χ0) is 11.4. The summed E-state index contributed by atoms with van der Waals surface area (Å²) in [6.45, 7) is 0. The fourth-order valence-corrected chi connectivity index (χ4v) is 1.58. The van der Waals surface area contributed by atoms with Gasteiger partial charge in [0.1, 0.15) is 11.8 Å². The molecule has 0 bridgehead atoms. The third kappa shape index (κ3) is 2.23. The van der Waals surface area contributed by atoms with E-state index >= 15 is 0 Å². The van der Waals surface area contributed by atoms with Crippen LogP contribution in [0.4, 0.5) is 8.78 Å². The molecule has 0 saturated heterocycles. The van der Waals surface area contributed by atoms with E-state index in [2.05, 4.69) is 20.9 Å². The van der Waals surface area contributed by atoms with E-state index in [4.69, 9.17) is 10.00 Å². The van der Waals surface area contributed by atoms with Gasteiger partial charge >= 0.3 is 0 Å². The number of halogens is 3. The number of hydrogen-bond acceptors (Lipinski definition) is 3. The number of ether oxygens (including phenoxy) is 1. The molecule has 80 valence electrons. The maximum Gasteiger partial charge on any atom is 0.268 e. The second-order valence-corrected chi connectivity index (χ2v) is 3.17. The van der Waals surface area contributed by atoms with E-state index in [1.807, 2.05) is 0 Å². The fourth-order valence-electron chi connectivity index (χ4n) is 1.15. The first-order valence-electron chi connectivity index (χ1n) is 3.95. The molecule has 0 saturated carbocycles. The highest BCUT2D eigenvalue weighted by molar-refractivity contribution is 9.08. The molecular formula is C9H7BrF2N2O. The van der Waals surface area contributed by atoms with Crippen molar-refractivity contribution in [2.75, 3.05) is 7.11 Å². The summed E-state index contributed by atoms with van der Waals surface area (Å²) in [5.41, 5.74) is -0.237. The Morgan fingerprint density at radius 3 is 2.73 bits per heavy atom. The van der Waals surface area contributed by atoms with Gasteiger partial charge in [-0.25, -0.2) is 8.78 Å². The van der Waals surface area contributed by atoms with Crippen LogP contribution in [0.1, 0.15) is 23.2 Å². The Bertz CT molecular complexity index is 404. The molecule has 0 radical (unpaired) electrons. The summed E-state index contributed by atoms with van der Waals surface area (Å²) in [4.78, 5) is 3.85. The molecule has 0 aliphatic rings. The summed E-state index contributed by atoms with van der Waals surface area (Å²) in [5, 5.41) is 9.05. The highest BCUT2D eigenvalue weighted by Crippen LogP contribution is 2.33. The standard InChI is InChI=1S/C9H7BrF2N2O/c1-15-7-4-14-6(2-10)5(3-13)8(7)9(11)12/h4,9H,2H2,1H3. The number of hydrogen-bond donors (Lipinski definition) is 0. The van der Waals surface area contributed by atoms with E-state index in [0.29, 0.717) is 0 Å². The topological polar surface area (TPSA) is 45.9 Å². The maximum absolute atomic E-state index is 12.7. The number of pyridine rings is 1. The zero-order valence-electron chi connectivity index (χ0n) is 7.80. The highest BCUT2D eigenvalue weighted by atomic mass is 79.9. The van der Waals surface area contributed by atoms with Crippen LogP contribution in [0.25, 0.3) is 0 Å². The Morgan fingerprint density at radius 1 is 1.67 bits per heavy atom. The Hall–Kier alpha value is -1.22. The van der Waals surface area contributed by atoms with Gasteiger partial charge in [-0.3, -0.25) is 4.98 Å². The van der Waals surface area contributed by atoms with Crippen molar-refractivity contribution in [2.45, 2.75) is 11.8 Å². The largest absolute Gasteiger partial charge is 0.495 e. The van der Waals surface area contributed by atoms with Gasteiger partial charge in [0.2, 0.25) is 0 Å². The molecule has 3 nitrogen and oxygen atoms in total. The van der Waals surface area contributed by atoms with E-state index in [9.17, 15) is 8.78 Å². The van der Waals surface area contributed by atoms with Crippen molar-refractivity contribution in [1.29, 1.82) is 5.26 Å². The predicted molar refractivity (Wildman–Crippen MR) is 53.1 cm³/mol. The summed E-state index contributed by atoms with van der Waals surface area (Å²) >= 11 is 3.08. The molecule has 0 aliphatic heterocycles. The monoisotopic (exact) mass is 276 g/mol. The summed E-state index contributed by atoms with van der Waals surface area (Å²) in [7, 11) is 1.26. The van der Waals surface area contributed by atoms with Crippen molar-refractivity contribution in [1.82, 2.24) is 4.98 Å². The highest BCUT2D eigenvalue weighted by Gasteiger charge is 2.22. The van der Waals surface area contributed by atoms with Crippen LogP contribution in [-0.4, -0.2) is 12.1 Å². The van der Waals surface area contributed by atoms with E-state index in [-0.39, 0.29) is 22.3 Å². The molecule has 6 heteroatoms. The lowest BCUT2D eigenvalue weighted by Gasteiger charge is -2.10. The van der Waals surface area contributed by atoms with Gasteiger partial charge in [-0.05, 0) is 0 Å².